The number of nitrogens with zero attached hydrogens (tertiary/aromatic N) is 1. The van der Waals surface area contributed by atoms with Gasteiger partial charge in [-0.1, -0.05) is 18.2 Å². The molecule has 1 aromatic rings. The lowest BCUT2D eigenvalue weighted by Gasteiger charge is -2.43. The van der Waals surface area contributed by atoms with Crippen molar-refractivity contribution < 1.29 is 28.1 Å². The van der Waals surface area contributed by atoms with Crippen molar-refractivity contribution >= 4 is 0 Å². The summed E-state index contributed by atoms with van der Waals surface area (Å²) in [5.41, 5.74) is -0.910. The van der Waals surface area contributed by atoms with Gasteiger partial charge in [0, 0.05) is 19.1 Å². The second-order valence-electron chi connectivity index (χ2n) is 6.57. The molecule has 23 heavy (non-hydrogen) atoms. The summed E-state index contributed by atoms with van der Waals surface area (Å²) in [6, 6.07) is 5.00. The van der Waals surface area contributed by atoms with Gasteiger partial charge in [0.25, 0.3) is 0 Å². The predicted molar refractivity (Wildman–Crippen MR) is 76.7 cm³/mol. The number of β-amino-alcohol motifs (C(OH)–C–C–N with tert-alkyl or cyclic N) is 1. The Bertz CT molecular complexity index is 554. The molecule has 0 aromatic heterocycles. The number of halogens is 3. The fourth-order valence-corrected chi connectivity index (χ4v) is 3.48. The van der Waals surface area contributed by atoms with E-state index >= 15 is 0 Å². The van der Waals surface area contributed by atoms with Crippen LogP contribution in [0.4, 0.5) is 13.2 Å². The van der Waals surface area contributed by atoms with E-state index in [2.05, 4.69) is 0 Å². The number of ether oxygens (including phenoxy) is 1. The van der Waals surface area contributed by atoms with Gasteiger partial charge in [0.2, 0.25) is 0 Å². The molecule has 0 aliphatic carbocycles. The van der Waals surface area contributed by atoms with E-state index in [9.17, 15) is 23.4 Å². The van der Waals surface area contributed by atoms with Gasteiger partial charge in [0.15, 0.2) is 0 Å². The Morgan fingerprint density at radius 1 is 1.26 bits per heavy atom. The van der Waals surface area contributed by atoms with Crippen molar-refractivity contribution in [2.45, 2.75) is 24.7 Å². The molecule has 0 unspecified atom stereocenters. The topological polar surface area (TPSA) is 52.9 Å². The standard InChI is InChI=1S/C16H20F3NO3/c17-16(18,19)13-4-2-1-3-12(13)14-5-11(22)6-20(14)7-15(8-21)9-23-10-15/h1-4,11,14,21-22H,5-10H2/t11-,14-/m1/s1. The Morgan fingerprint density at radius 2 is 1.96 bits per heavy atom. The van der Waals surface area contributed by atoms with E-state index in [-0.39, 0.29) is 18.6 Å². The molecule has 0 radical (unpaired) electrons. The summed E-state index contributed by atoms with van der Waals surface area (Å²) in [4.78, 5) is 1.84. The highest BCUT2D eigenvalue weighted by atomic mass is 19.4. The van der Waals surface area contributed by atoms with Gasteiger partial charge in [-0.05, 0) is 18.1 Å². The van der Waals surface area contributed by atoms with Crippen LogP contribution in [0.15, 0.2) is 24.3 Å². The highest BCUT2D eigenvalue weighted by Gasteiger charge is 2.45. The first kappa shape index (κ1) is 16.7. The van der Waals surface area contributed by atoms with E-state index in [1.165, 1.54) is 12.1 Å². The summed E-state index contributed by atoms with van der Waals surface area (Å²) in [6.45, 7) is 1.43. The summed E-state index contributed by atoms with van der Waals surface area (Å²) in [5, 5.41) is 19.5. The number of aliphatic hydroxyl groups is 2. The molecule has 2 aliphatic heterocycles. The minimum Gasteiger partial charge on any atom is -0.396 e. The quantitative estimate of drug-likeness (QED) is 0.884. The van der Waals surface area contributed by atoms with Crippen molar-refractivity contribution in [3.8, 4) is 0 Å². The lowest BCUT2D eigenvalue weighted by molar-refractivity contribution is -0.151. The third-order valence-electron chi connectivity index (χ3n) is 4.70. The molecule has 2 fully saturated rings. The van der Waals surface area contributed by atoms with E-state index in [0.717, 1.165) is 6.07 Å². The Morgan fingerprint density at radius 3 is 2.52 bits per heavy atom. The van der Waals surface area contributed by atoms with E-state index in [4.69, 9.17) is 4.74 Å². The van der Waals surface area contributed by atoms with Crippen molar-refractivity contribution in [3.63, 3.8) is 0 Å². The Labute approximate surface area is 132 Å². The maximum Gasteiger partial charge on any atom is 0.416 e. The number of hydrogen-bond donors (Lipinski definition) is 2. The zero-order chi connectivity index (χ0) is 16.7. The van der Waals surface area contributed by atoms with Crippen LogP contribution in [0.1, 0.15) is 23.6 Å². The molecular weight excluding hydrogens is 311 g/mol. The van der Waals surface area contributed by atoms with Gasteiger partial charge < -0.3 is 14.9 Å². The molecule has 2 atom stereocenters. The molecule has 2 heterocycles. The van der Waals surface area contributed by atoms with Crippen LogP contribution in [0, 0.1) is 5.41 Å². The van der Waals surface area contributed by atoms with E-state index in [1.807, 2.05) is 4.90 Å². The summed E-state index contributed by atoms with van der Waals surface area (Å²) < 4.78 is 45.0. The zero-order valence-corrected chi connectivity index (χ0v) is 12.6. The third-order valence-corrected chi connectivity index (χ3v) is 4.70. The molecule has 4 nitrogen and oxygen atoms in total. The van der Waals surface area contributed by atoms with Crippen LogP contribution in [-0.2, 0) is 10.9 Å². The molecule has 2 aliphatic rings. The normalized spacial score (nSPS) is 27.9. The van der Waals surface area contributed by atoms with Gasteiger partial charge in [-0.3, -0.25) is 4.90 Å². The molecule has 3 rings (SSSR count). The fourth-order valence-electron chi connectivity index (χ4n) is 3.48. The van der Waals surface area contributed by atoms with Crippen LogP contribution in [0.2, 0.25) is 0 Å². The smallest absolute Gasteiger partial charge is 0.396 e. The highest BCUT2D eigenvalue weighted by Crippen LogP contribution is 2.42. The maximum absolute atomic E-state index is 13.3. The first-order chi connectivity index (χ1) is 10.8. The summed E-state index contributed by atoms with van der Waals surface area (Å²) >= 11 is 0. The van der Waals surface area contributed by atoms with Crippen LogP contribution in [0.5, 0.6) is 0 Å². The Balaban J connectivity index is 1.88. The summed E-state index contributed by atoms with van der Waals surface area (Å²) in [7, 11) is 0. The van der Waals surface area contributed by atoms with Gasteiger partial charge >= 0.3 is 6.18 Å². The van der Waals surface area contributed by atoms with Crippen LogP contribution < -0.4 is 0 Å². The van der Waals surface area contributed by atoms with Crippen molar-refractivity contribution in [1.82, 2.24) is 4.90 Å². The SMILES string of the molecule is OCC1(CN2C[C@H](O)C[C@@H]2c2ccccc2C(F)(F)F)COC1. The minimum atomic E-state index is -4.43. The molecule has 0 amide bonds. The second-order valence-corrected chi connectivity index (χ2v) is 6.57. The molecule has 0 bridgehead atoms. The summed E-state index contributed by atoms with van der Waals surface area (Å²) in [6.07, 6.45) is -4.84. The van der Waals surface area contributed by atoms with Gasteiger partial charge in [-0.15, -0.1) is 0 Å². The number of likely N-dealkylation sites (tertiary alicyclic amines) is 1. The Hall–Kier alpha value is -1.15. The van der Waals surface area contributed by atoms with Gasteiger partial charge in [-0.2, -0.15) is 13.2 Å². The third kappa shape index (κ3) is 3.24. The molecule has 7 heteroatoms. The summed E-state index contributed by atoms with van der Waals surface area (Å²) in [5.74, 6) is 0. The molecule has 0 saturated carbocycles. The van der Waals surface area contributed by atoms with Crippen molar-refractivity contribution in [2.75, 3.05) is 32.9 Å². The predicted octanol–water partition coefficient (Wildman–Crippen LogP) is 1.82. The Kier molecular flexibility index (Phi) is 4.39. The fraction of sp³-hybridized carbons (Fsp3) is 0.625. The second kappa shape index (κ2) is 6.05. The molecule has 0 spiro atoms. The van der Waals surface area contributed by atoms with Gasteiger partial charge in [0.1, 0.15) is 0 Å². The molecule has 1 aromatic carbocycles. The average Bonchev–Trinajstić information content (AvgIpc) is 2.82. The first-order valence-corrected chi connectivity index (χ1v) is 7.61. The van der Waals surface area contributed by atoms with Crippen LogP contribution in [0.25, 0.3) is 0 Å². The number of benzene rings is 1. The lowest BCUT2D eigenvalue weighted by Crippen LogP contribution is -2.53. The van der Waals surface area contributed by atoms with Crippen molar-refractivity contribution in [2.24, 2.45) is 5.41 Å². The van der Waals surface area contributed by atoms with Crippen molar-refractivity contribution in [3.05, 3.63) is 35.4 Å². The zero-order valence-electron chi connectivity index (χ0n) is 12.6. The number of hydrogen-bond acceptors (Lipinski definition) is 4. The van der Waals surface area contributed by atoms with Crippen molar-refractivity contribution in [1.29, 1.82) is 0 Å². The van der Waals surface area contributed by atoms with Crippen LogP contribution in [-0.4, -0.2) is 54.1 Å². The molecule has 2 saturated heterocycles. The van der Waals surface area contributed by atoms with Gasteiger partial charge in [-0.25, -0.2) is 0 Å². The monoisotopic (exact) mass is 331 g/mol. The molecule has 128 valence electrons. The first-order valence-electron chi connectivity index (χ1n) is 7.61. The van der Waals surface area contributed by atoms with Gasteiger partial charge in [0.05, 0.1) is 36.9 Å². The molecular formula is C16H20F3NO3. The van der Waals surface area contributed by atoms with Crippen LogP contribution in [0.3, 0.4) is 0 Å². The van der Waals surface area contributed by atoms with E-state index in [0.29, 0.717) is 26.3 Å². The van der Waals surface area contributed by atoms with Crippen LogP contribution >= 0.6 is 0 Å². The lowest BCUT2D eigenvalue weighted by atomic mass is 9.85. The maximum atomic E-state index is 13.3. The van der Waals surface area contributed by atoms with E-state index in [1.54, 1.807) is 6.07 Å². The number of aliphatic hydroxyl groups excluding tert-OH is 2. The average molecular weight is 331 g/mol. The van der Waals surface area contributed by atoms with E-state index < -0.39 is 29.3 Å². The largest absolute Gasteiger partial charge is 0.416 e. The number of rotatable bonds is 4. The molecule has 2 N–H and O–H groups in total. The minimum absolute atomic E-state index is 0.0762. The highest BCUT2D eigenvalue weighted by molar-refractivity contribution is 5.33. The number of alkyl halides is 3.